The van der Waals surface area contributed by atoms with Crippen molar-refractivity contribution in [2.45, 2.75) is 25.5 Å². The van der Waals surface area contributed by atoms with E-state index in [1.165, 1.54) is 0 Å². The number of hydrogen-bond donors (Lipinski definition) is 3. The van der Waals surface area contributed by atoms with Gasteiger partial charge in [-0.25, -0.2) is 0 Å². The molecule has 1 atom stereocenters. The zero-order chi connectivity index (χ0) is 13.2. The zero-order valence-corrected chi connectivity index (χ0v) is 10.8. The van der Waals surface area contributed by atoms with Crippen molar-refractivity contribution in [3.8, 4) is 5.75 Å². The van der Waals surface area contributed by atoms with Crippen LogP contribution in [0.4, 0.5) is 0 Å². The van der Waals surface area contributed by atoms with Crippen LogP contribution in [0.2, 0.25) is 0 Å². The normalized spacial score (nSPS) is 16.7. The van der Waals surface area contributed by atoms with Crippen LogP contribution in [0.25, 0.3) is 10.8 Å². The van der Waals surface area contributed by atoms with Gasteiger partial charge in [-0.1, -0.05) is 30.3 Å². The minimum absolute atomic E-state index is 0.253. The van der Waals surface area contributed by atoms with Crippen LogP contribution in [-0.4, -0.2) is 22.9 Å². The molecular formula is C16H19NO2. The molecule has 2 aromatic carbocycles. The third kappa shape index (κ3) is 2.72. The van der Waals surface area contributed by atoms with Crippen molar-refractivity contribution in [1.82, 2.24) is 5.32 Å². The predicted molar refractivity (Wildman–Crippen MR) is 76.1 cm³/mol. The van der Waals surface area contributed by atoms with Crippen LogP contribution >= 0.6 is 0 Å². The van der Waals surface area contributed by atoms with Crippen LogP contribution in [0.1, 0.15) is 18.4 Å². The summed E-state index contributed by atoms with van der Waals surface area (Å²) in [5.41, 5.74) is 0.904. The molecule has 1 aliphatic carbocycles. The maximum absolute atomic E-state index is 9.99. The average Bonchev–Trinajstić information content (AvgIpc) is 3.25. The molecule has 0 saturated heterocycles. The fraction of sp³-hybridized carbons (Fsp3) is 0.375. The molecule has 1 unspecified atom stereocenters. The maximum atomic E-state index is 9.99. The molecule has 0 bridgehead atoms. The smallest absolute Gasteiger partial charge is 0.120 e. The first-order valence-corrected chi connectivity index (χ1v) is 6.84. The Balaban J connectivity index is 1.74. The van der Waals surface area contributed by atoms with Gasteiger partial charge in [-0.05, 0) is 35.6 Å². The number of rotatable bonds is 5. The highest BCUT2D eigenvalue weighted by atomic mass is 16.3. The number of phenolic OH excluding ortho intramolecular Hbond substituents is 1. The third-order valence-corrected chi connectivity index (χ3v) is 3.84. The quantitative estimate of drug-likeness (QED) is 0.771. The number of aliphatic hydroxyl groups is 1. The molecule has 3 rings (SSSR count). The van der Waals surface area contributed by atoms with Crippen LogP contribution in [0.15, 0.2) is 36.4 Å². The fourth-order valence-electron chi connectivity index (χ4n) is 2.50. The molecule has 2 aromatic rings. The summed E-state index contributed by atoms with van der Waals surface area (Å²) in [5.74, 6) is 0.792. The molecule has 100 valence electrons. The number of phenols is 1. The van der Waals surface area contributed by atoms with E-state index in [1.54, 1.807) is 6.07 Å². The molecule has 1 aliphatic rings. The molecule has 0 amide bonds. The minimum atomic E-state index is -0.253. The Morgan fingerprint density at radius 1 is 1.16 bits per heavy atom. The van der Waals surface area contributed by atoms with Gasteiger partial charge in [-0.2, -0.15) is 0 Å². The monoisotopic (exact) mass is 257 g/mol. The van der Waals surface area contributed by atoms with E-state index >= 15 is 0 Å². The Labute approximate surface area is 112 Å². The number of fused-ring (bicyclic) bond motifs is 1. The summed E-state index contributed by atoms with van der Waals surface area (Å²) >= 11 is 0. The second-order valence-electron chi connectivity index (χ2n) is 5.32. The number of aromatic hydroxyl groups is 1. The summed E-state index contributed by atoms with van der Waals surface area (Å²) in [4.78, 5) is 0. The minimum Gasteiger partial charge on any atom is -0.508 e. The van der Waals surface area contributed by atoms with E-state index in [2.05, 4.69) is 5.32 Å². The van der Waals surface area contributed by atoms with Crippen molar-refractivity contribution >= 4 is 10.8 Å². The van der Waals surface area contributed by atoms with Crippen LogP contribution < -0.4 is 5.32 Å². The van der Waals surface area contributed by atoms with Crippen LogP contribution in [0.3, 0.4) is 0 Å². The van der Waals surface area contributed by atoms with E-state index in [0.717, 1.165) is 29.2 Å². The van der Waals surface area contributed by atoms with Crippen LogP contribution in [0.5, 0.6) is 5.75 Å². The van der Waals surface area contributed by atoms with Crippen molar-refractivity contribution in [2.24, 2.45) is 5.92 Å². The number of nitrogens with one attached hydrogen (secondary N) is 1. The molecule has 0 radical (unpaired) electrons. The van der Waals surface area contributed by atoms with Gasteiger partial charge >= 0.3 is 0 Å². The average molecular weight is 257 g/mol. The summed E-state index contributed by atoms with van der Waals surface area (Å²) in [6, 6.07) is 11.7. The number of aliphatic hydroxyl groups excluding tert-OH is 1. The molecule has 3 heteroatoms. The van der Waals surface area contributed by atoms with Crippen molar-refractivity contribution in [3.63, 3.8) is 0 Å². The molecule has 3 N–H and O–H groups in total. The van der Waals surface area contributed by atoms with Gasteiger partial charge in [-0.15, -0.1) is 0 Å². The lowest BCUT2D eigenvalue weighted by Crippen LogP contribution is -2.27. The second kappa shape index (κ2) is 5.19. The molecule has 19 heavy (non-hydrogen) atoms. The zero-order valence-electron chi connectivity index (χ0n) is 10.8. The molecule has 1 fully saturated rings. The lowest BCUT2D eigenvalue weighted by molar-refractivity contribution is 0.148. The summed E-state index contributed by atoms with van der Waals surface area (Å²) < 4.78 is 0. The lowest BCUT2D eigenvalue weighted by atomic mass is 10.0. The van der Waals surface area contributed by atoms with E-state index in [0.29, 0.717) is 24.8 Å². The number of hydrogen-bond acceptors (Lipinski definition) is 3. The standard InChI is InChI=1S/C16H19NO2/c18-15-8-7-11-3-1-2-4-13(11)14(15)9-17-10-16(19)12-5-6-12/h1-4,7-8,12,16-19H,5-6,9-10H2. The topological polar surface area (TPSA) is 52.5 Å². The maximum Gasteiger partial charge on any atom is 0.120 e. The van der Waals surface area contributed by atoms with Gasteiger partial charge in [0.25, 0.3) is 0 Å². The molecule has 1 saturated carbocycles. The van der Waals surface area contributed by atoms with E-state index in [4.69, 9.17) is 0 Å². The first kappa shape index (κ1) is 12.5. The van der Waals surface area contributed by atoms with Gasteiger partial charge in [-0.3, -0.25) is 0 Å². The summed E-state index contributed by atoms with van der Waals surface area (Å²) in [5, 5.41) is 25.3. The van der Waals surface area contributed by atoms with Crippen molar-refractivity contribution in [1.29, 1.82) is 0 Å². The molecule has 0 aliphatic heterocycles. The van der Waals surface area contributed by atoms with E-state index < -0.39 is 0 Å². The summed E-state index contributed by atoms with van der Waals surface area (Å²) in [6.07, 6.45) is 2.03. The Morgan fingerprint density at radius 2 is 1.95 bits per heavy atom. The largest absolute Gasteiger partial charge is 0.508 e. The molecule has 0 spiro atoms. The second-order valence-corrected chi connectivity index (χ2v) is 5.32. The Bertz CT molecular complexity index is 578. The van der Waals surface area contributed by atoms with Gasteiger partial charge in [0.05, 0.1) is 6.10 Å². The highest BCUT2D eigenvalue weighted by molar-refractivity contribution is 5.87. The van der Waals surface area contributed by atoms with Crippen LogP contribution in [-0.2, 0) is 6.54 Å². The first-order chi connectivity index (χ1) is 9.25. The fourth-order valence-corrected chi connectivity index (χ4v) is 2.50. The van der Waals surface area contributed by atoms with Crippen LogP contribution in [0, 0.1) is 5.92 Å². The lowest BCUT2D eigenvalue weighted by Gasteiger charge is -2.13. The molecule has 0 heterocycles. The van der Waals surface area contributed by atoms with Gasteiger partial charge < -0.3 is 15.5 Å². The predicted octanol–water partition coefficient (Wildman–Crippen LogP) is 2.41. The van der Waals surface area contributed by atoms with Crippen molar-refractivity contribution in [2.75, 3.05) is 6.54 Å². The van der Waals surface area contributed by atoms with Crippen molar-refractivity contribution < 1.29 is 10.2 Å². The molecule has 3 nitrogen and oxygen atoms in total. The Kier molecular flexibility index (Phi) is 3.40. The third-order valence-electron chi connectivity index (χ3n) is 3.84. The van der Waals surface area contributed by atoms with Gasteiger partial charge in [0.15, 0.2) is 0 Å². The first-order valence-electron chi connectivity index (χ1n) is 6.84. The SMILES string of the molecule is Oc1ccc2ccccc2c1CNCC(O)C1CC1. The van der Waals surface area contributed by atoms with Crippen molar-refractivity contribution in [3.05, 3.63) is 42.0 Å². The molecular weight excluding hydrogens is 238 g/mol. The molecule has 0 aromatic heterocycles. The Morgan fingerprint density at radius 3 is 2.74 bits per heavy atom. The van der Waals surface area contributed by atoms with E-state index in [1.807, 2.05) is 30.3 Å². The van der Waals surface area contributed by atoms with E-state index in [-0.39, 0.29) is 6.10 Å². The Hall–Kier alpha value is -1.58. The van der Waals surface area contributed by atoms with Gasteiger partial charge in [0, 0.05) is 18.7 Å². The summed E-state index contributed by atoms with van der Waals surface area (Å²) in [6.45, 7) is 1.17. The van der Waals surface area contributed by atoms with E-state index in [9.17, 15) is 10.2 Å². The number of benzene rings is 2. The van der Waals surface area contributed by atoms with Gasteiger partial charge in [0.2, 0.25) is 0 Å². The van der Waals surface area contributed by atoms with Gasteiger partial charge in [0.1, 0.15) is 5.75 Å². The summed E-state index contributed by atoms with van der Waals surface area (Å²) in [7, 11) is 0. The highest BCUT2D eigenvalue weighted by Crippen LogP contribution is 2.32. The highest BCUT2D eigenvalue weighted by Gasteiger charge is 2.29.